The number of amides is 1. The van der Waals surface area contributed by atoms with Gasteiger partial charge in [-0.25, -0.2) is 8.78 Å². The van der Waals surface area contributed by atoms with E-state index in [1.807, 2.05) is 6.92 Å². The lowest BCUT2D eigenvalue weighted by Crippen LogP contribution is -2.27. The van der Waals surface area contributed by atoms with Crippen molar-refractivity contribution in [2.24, 2.45) is 0 Å². The predicted octanol–water partition coefficient (Wildman–Crippen LogP) is 4.39. The van der Waals surface area contributed by atoms with E-state index in [2.05, 4.69) is 15.5 Å². The first-order valence-corrected chi connectivity index (χ1v) is 8.56. The molecule has 7 heteroatoms. The van der Waals surface area contributed by atoms with E-state index in [0.29, 0.717) is 11.4 Å². The van der Waals surface area contributed by atoms with E-state index in [1.165, 1.54) is 24.3 Å². The molecular formula is C20H19F2N3O2. The van der Waals surface area contributed by atoms with Crippen LogP contribution in [0.2, 0.25) is 0 Å². The number of rotatable bonds is 6. The Hall–Kier alpha value is -3.09. The van der Waals surface area contributed by atoms with Crippen LogP contribution in [0.1, 0.15) is 43.7 Å². The molecule has 1 N–H and O–H groups in total. The van der Waals surface area contributed by atoms with Crippen molar-refractivity contribution >= 4 is 5.91 Å². The summed E-state index contributed by atoms with van der Waals surface area (Å²) in [5, 5.41) is 6.68. The van der Waals surface area contributed by atoms with Gasteiger partial charge < -0.3 is 9.84 Å². The summed E-state index contributed by atoms with van der Waals surface area (Å²) in [6, 6.07) is 11.4. The first kappa shape index (κ1) is 18.7. The number of carbonyl (C=O) groups is 1. The average molecular weight is 371 g/mol. The van der Waals surface area contributed by atoms with Crippen LogP contribution in [0.5, 0.6) is 0 Å². The lowest BCUT2D eigenvalue weighted by molar-refractivity contribution is -0.122. The molecule has 5 nitrogen and oxygen atoms in total. The zero-order valence-electron chi connectivity index (χ0n) is 14.9. The number of hydrogen-bond donors (Lipinski definition) is 1. The molecule has 2 aromatic carbocycles. The van der Waals surface area contributed by atoms with Crippen LogP contribution < -0.4 is 5.32 Å². The second kappa shape index (κ2) is 8.07. The van der Waals surface area contributed by atoms with Crippen LogP contribution in [0.4, 0.5) is 8.78 Å². The van der Waals surface area contributed by atoms with E-state index in [-0.39, 0.29) is 35.8 Å². The van der Waals surface area contributed by atoms with E-state index in [4.69, 9.17) is 4.52 Å². The summed E-state index contributed by atoms with van der Waals surface area (Å²) in [7, 11) is 0. The second-order valence-electron chi connectivity index (χ2n) is 6.41. The Morgan fingerprint density at radius 2 is 1.63 bits per heavy atom. The predicted molar refractivity (Wildman–Crippen MR) is 95.7 cm³/mol. The van der Waals surface area contributed by atoms with Crippen LogP contribution in [-0.4, -0.2) is 16.0 Å². The van der Waals surface area contributed by atoms with Crippen molar-refractivity contribution in [3.8, 4) is 11.4 Å². The monoisotopic (exact) mass is 371 g/mol. The fourth-order valence-electron chi connectivity index (χ4n) is 2.68. The Bertz CT molecular complexity index is 908. The maximum atomic E-state index is 13.0. The van der Waals surface area contributed by atoms with Gasteiger partial charge in [-0.15, -0.1) is 0 Å². The van der Waals surface area contributed by atoms with E-state index in [1.54, 1.807) is 31.2 Å². The minimum Gasteiger partial charge on any atom is -0.345 e. The fourth-order valence-corrected chi connectivity index (χ4v) is 2.68. The number of benzene rings is 2. The molecule has 2 unspecified atom stereocenters. The number of hydrogen-bond acceptors (Lipinski definition) is 4. The van der Waals surface area contributed by atoms with Gasteiger partial charge in [0.25, 0.3) is 0 Å². The molecule has 0 fully saturated rings. The van der Waals surface area contributed by atoms with Gasteiger partial charge in [0.05, 0.1) is 0 Å². The lowest BCUT2D eigenvalue weighted by Gasteiger charge is -2.14. The summed E-state index contributed by atoms with van der Waals surface area (Å²) in [6.07, 6.45) is 0.245. The van der Waals surface area contributed by atoms with Gasteiger partial charge in [0, 0.05) is 12.0 Å². The lowest BCUT2D eigenvalue weighted by atomic mass is 9.97. The molecule has 0 aliphatic rings. The van der Waals surface area contributed by atoms with Crippen molar-refractivity contribution in [1.82, 2.24) is 15.5 Å². The van der Waals surface area contributed by atoms with Gasteiger partial charge in [-0.3, -0.25) is 4.79 Å². The zero-order valence-corrected chi connectivity index (χ0v) is 14.9. The maximum absolute atomic E-state index is 13.0. The highest BCUT2D eigenvalue weighted by molar-refractivity contribution is 5.77. The van der Waals surface area contributed by atoms with Crippen LogP contribution in [0, 0.1) is 11.6 Å². The molecule has 1 heterocycles. The van der Waals surface area contributed by atoms with Gasteiger partial charge >= 0.3 is 0 Å². The Labute approximate surface area is 155 Å². The fraction of sp³-hybridized carbons (Fsp3) is 0.250. The number of nitrogens with one attached hydrogen (secondary N) is 1. The topological polar surface area (TPSA) is 68.0 Å². The molecule has 140 valence electrons. The second-order valence-corrected chi connectivity index (χ2v) is 6.41. The molecule has 0 radical (unpaired) electrons. The summed E-state index contributed by atoms with van der Waals surface area (Å²) >= 11 is 0. The third-order valence-corrected chi connectivity index (χ3v) is 4.22. The van der Waals surface area contributed by atoms with Crippen molar-refractivity contribution < 1.29 is 18.1 Å². The van der Waals surface area contributed by atoms with Crippen molar-refractivity contribution in [1.29, 1.82) is 0 Å². The summed E-state index contributed by atoms with van der Waals surface area (Å²) < 4.78 is 31.2. The van der Waals surface area contributed by atoms with Crippen molar-refractivity contribution in [2.45, 2.75) is 32.2 Å². The maximum Gasteiger partial charge on any atom is 0.249 e. The highest BCUT2D eigenvalue weighted by atomic mass is 19.1. The standard InChI is InChI=1S/C20H19F2N3O2/c1-12(14-3-7-16(21)8-4-14)11-18(26)23-13(2)20-24-19(25-27-20)15-5-9-17(22)10-6-15/h3-10,12-13H,11H2,1-2H3,(H,23,26). The van der Waals surface area contributed by atoms with Crippen LogP contribution in [-0.2, 0) is 4.79 Å². The molecule has 1 aromatic heterocycles. The average Bonchev–Trinajstić information content (AvgIpc) is 3.13. The van der Waals surface area contributed by atoms with Crippen LogP contribution in [0.3, 0.4) is 0 Å². The molecule has 0 saturated carbocycles. The largest absolute Gasteiger partial charge is 0.345 e. The molecular weight excluding hydrogens is 352 g/mol. The minimum atomic E-state index is -0.473. The van der Waals surface area contributed by atoms with Gasteiger partial charge in [-0.05, 0) is 54.8 Å². The van der Waals surface area contributed by atoms with Crippen molar-refractivity contribution in [3.63, 3.8) is 0 Å². The third-order valence-electron chi connectivity index (χ3n) is 4.22. The molecule has 1 amide bonds. The minimum absolute atomic E-state index is 0.0599. The van der Waals surface area contributed by atoms with Crippen molar-refractivity contribution in [2.75, 3.05) is 0 Å². The highest BCUT2D eigenvalue weighted by Gasteiger charge is 2.19. The molecule has 3 aromatic rings. The molecule has 0 aliphatic carbocycles. The first-order chi connectivity index (χ1) is 12.9. The number of carbonyl (C=O) groups excluding carboxylic acids is 1. The summed E-state index contributed by atoms with van der Waals surface area (Å²) in [6.45, 7) is 3.64. The molecule has 27 heavy (non-hydrogen) atoms. The summed E-state index contributed by atoms with van der Waals surface area (Å²) in [4.78, 5) is 16.5. The van der Waals surface area contributed by atoms with Gasteiger partial charge in [0.2, 0.25) is 17.6 Å². The first-order valence-electron chi connectivity index (χ1n) is 8.56. The Morgan fingerprint density at radius 3 is 2.26 bits per heavy atom. The van der Waals surface area contributed by atoms with Crippen LogP contribution in [0.25, 0.3) is 11.4 Å². The quantitative estimate of drug-likeness (QED) is 0.698. The SMILES string of the molecule is CC(CC(=O)NC(C)c1nc(-c2ccc(F)cc2)no1)c1ccc(F)cc1. The molecule has 2 atom stereocenters. The normalized spacial score (nSPS) is 13.2. The van der Waals surface area contributed by atoms with Gasteiger partial charge in [-0.2, -0.15) is 4.98 Å². The van der Waals surface area contributed by atoms with E-state index in [0.717, 1.165) is 5.56 Å². The van der Waals surface area contributed by atoms with Crippen LogP contribution >= 0.6 is 0 Å². The van der Waals surface area contributed by atoms with E-state index in [9.17, 15) is 13.6 Å². The Morgan fingerprint density at radius 1 is 1.04 bits per heavy atom. The van der Waals surface area contributed by atoms with Crippen LogP contribution in [0.15, 0.2) is 53.1 Å². The molecule has 0 bridgehead atoms. The molecule has 3 rings (SSSR count). The number of halogens is 2. The number of aromatic nitrogens is 2. The van der Waals surface area contributed by atoms with Crippen molar-refractivity contribution in [3.05, 3.63) is 71.6 Å². The summed E-state index contributed by atoms with van der Waals surface area (Å²) in [5.41, 5.74) is 1.51. The molecule has 0 saturated heterocycles. The number of nitrogens with zero attached hydrogens (tertiary/aromatic N) is 2. The van der Waals surface area contributed by atoms with E-state index < -0.39 is 6.04 Å². The van der Waals surface area contributed by atoms with Gasteiger partial charge in [-0.1, -0.05) is 24.2 Å². The Balaban J connectivity index is 1.59. The molecule has 0 aliphatic heterocycles. The summed E-state index contributed by atoms with van der Waals surface area (Å²) in [5.74, 6) is -0.310. The molecule has 0 spiro atoms. The smallest absolute Gasteiger partial charge is 0.249 e. The Kier molecular flexibility index (Phi) is 5.59. The zero-order chi connectivity index (χ0) is 19.4. The van der Waals surface area contributed by atoms with Gasteiger partial charge in [0.1, 0.15) is 17.7 Å². The van der Waals surface area contributed by atoms with Gasteiger partial charge in [0.15, 0.2) is 0 Å². The third kappa shape index (κ3) is 4.75. The van der Waals surface area contributed by atoms with E-state index >= 15 is 0 Å². The highest BCUT2D eigenvalue weighted by Crippen LogP contribution is 2.21.